The molecule has 4 nitrogen and oxygen atoms in total. The maximum absolute atomic E-state index is 12.2. The molecule has 0 fully saturated rings. The van der Waals surface area contributed by atoms with E-state index in [1.54, 1.807) is 6.08 Å². The Kier molecular flexibility index (Phi) is 29.0. The number of hydrogen-bond acceptors (Lipinski definition) is 3. The van der Waals surface area contributed by atoms with Crippen LogP contribution in [0.15, 0.2) is 12.2 Å². The minimum atomic E-state index is -0.830. The summed E-state index contributed by atoms with van der Waals surface area (Å²) in [7, 11) is 0. The minimum absolute atomic E-state index is 0.0655. The highest BCUT2D eigenvalue weighted by atomic mass is 16.3. The second-order valence-corrected chi connectivity index (χ2v) is 11.2. The van der Waals surface area contributed by atoms with E-state index in [2.05, 4.69) is 19.2 Å². The van der Waals surface area contributed by atoms with E-state index in [1.807, 2.05) is 6.08 Å². The van der Waals surface area contributed by atoms with Crippen molar-refractivity contribution in [3.05, 3.63) is 12.2 Å². The molecule has 0 aliphatic rings. The highest BCUT2D eigenvalue weighted by Crippen LogP contribution is 2.14. The number of allylic oxidation sites excluding steroid dienone is 1. The molecule has 0 aliphatic carbocycles. The van der Waals surface area contributed by atoms with Crippen molar-refractivity contribution in [1.82, 2.24) is 5.32 Å². The fraction of sp³-hybridized carbons (Fsp3) is 0.909. The Morgan fingerprint density at radius 1 is 0.622 bits per heavy atom. The van der Waals surface area contributed by atoms with Gasteiger partial charge in [0.2, 0.25) is 5.91 Å². The zero-order chi connectivity index (χ0) is 27.2. The number of unbranched alkanes of at least 4 members (excludes halogenated alkanes) is 22. The summed E-state index contributed by atoms with van der Waals surface area (Å²) in [4.78, 5) is 12.2. The van der Waals surface area contributed by atoms with Crippen LogP contribution in [0.2, 0.25) is 0 Å². The Morgan fingerprint density at radius 2 is 1.00 bits per heavy atom. The normalized spacial score (nSPS) is 13.3. The number of aliphatic hydroxyl groups excluding tert-OH is 2. The van der Waals surface area contributed by atoms with Gasteiger partial charge < -0.3 is 15.5 Å². The quantitative estimate of drug-likeness (QED) is 0.0676. The van der Waals surface area contributed by atoms with Crippen LogP contribution in [-0.4, -0.2) is 34.9 Å². The van der Waals surface area contributed by atoms with Crippen molar-refractivity contribution in [2.24, 2.45) is 0 Å². The number of hydrogen-bond donors (Lipinski definition) is 3. The molecule has 4 heteroatoms. The fourth-order valence-electron chi connectivity index (χ4n) is 4.94. The van der Waals surface area contributed by atoms with Gasteiger partial charge >= 0.3 is 0 Å². The average molecular weight is 524 g/mol. The first-order valence-corrected chi connectivity index (χ1v) is 16.4. The molecule has 0 saturated carbocycles. The lowest BCUT2D eigenvalue weighted by Gasteiger charge is -2.20. The molecular formula is C33H65NO3. The van der Waals surface area contributed by atoms with Gasteiger partial charge in [0.15, 0.2) is 0 Å². The number of rotatable bonds is 29. The van der Waals surface area contributed by atoms with Gasteiger partial charge in [-0.3, -0.25) is 4.79 Å². The minimum Gasteiger partial charge on any atom is -0.394 e. The van der Waals surface area contributed by atoms with E-state index in [1.165, 1.54) is 128 Å². The molecule has 0 radical (unpaired) electrons. The third-order valence-electron chi connectivity index (χ3n) is 7.52. The SMILES string of the molecule is CCCCCCCCCCCC/C=C/[C@@H](O)[C@H](CO)NC(=O)CCCCCCCCCCCCCCC. The third kappa shape index (κ3) is 26.5. The van der Waals surface area contributed by atoms with Crippen molar-refractivity contribution in [2.45, 2.75) is 187 Å². The van der Waals surface area contributed by atoms with Crippen LogP contribution in [0.3, 0.4) is 0 Å². The molecule has 0 aromatic heterocycles. The number of aliphatic hydroxyl groups is 2. The van der Waals surface area contributed by atoms with Gasteiger partial charge in [-0.05, 0) is 19.3 Å². The first-order valence-electron chi connectivity index (χ1n) is 16.4. The van der Waals surface area contributed by atoms with Crippen LogP contribution in [0, 0.1) is 0 Å². The molecule has 0 aliphatic heterocycles. The van der Waals surface area contributed by atoms with Gasteiger partial charge in [-0.1, -0.05) is 161 Å². The van der Waals surface area contributed by atoms with E-state index in [-0.39, 0.29) is 12.5 Å². The molecule has 220 valence electrons. The van der Waals surface area contributed by atoms with E-state index < -0.39 is 12.1 Å². The summed E-state index contributed by atoms with van der Waals surface area (Å²) in [5.41, 5.74) is 0. The fourth-order valence-corrected chi connectivity index (χ4v) is 4.94. The number of amides is 1. The molecule has 0 aromatic carbocycles. The number of carbonyl (C=O) groups excluding carboxylic acids is 1. The lowest BCUT2D eigenvalue weighted by Crippen LogP contribution is -2.45. The molecular weight excluding hydrogens is 458 g/mol. The monoisotopic (exact) mass is 523 g/mol. The molecule has 0 bridgehead atoms. The van der Waals surface area contributed by atoms with Crippen molar-refractivity contribution in [2.75, 3.05) is 6.61 Å². The third-order valence-corrected chi connectivity index (χ3v) is 7.52. The Hall–Kier alpha value is -0.870. The first-order chi connectivity index (χ1) is 18.2. The molecule has 3 N–H and O–H groups in total. The van der Waals surface area contributed by atoms with Gasteiger partial charge in [-0.15, -0.1) is 0 Å². The molecule has 0 spiro atoms. The largest absolute Gasteiger partial charge is 0.394 e. The molecule has 37 heavy (non-hydrogen) atoms. The van der Waals surface area contributed by atoms with Crippen LogP contribution >= 0.6 is 0 Å². The van der Waals surface area contributed by atoms with Crippen LogP contribution < -0.4 is 5.32 Å². The zero-order valence-corrected chi connectivity index (χ0v) is 25.0. The van der Waals surface area contributed by atoms with E-state index >= 15 is 0 Å². The lowest BCUT2D eigenvalue weighted by atomic mass is 10.0. The second-order valence-electron chi connectivity index (χ2n) is 11.2. The zero-order valence-electron chi connectivity index (χ0n) is 25.0. The average Bonchev–Trinajstić information content (AvgIpc) is 2.90. The van der Waals surface area contributed by atoms with Gasteiger partial charge in [0.25, 0.3) is 0 Å². The van der Waals surface area contributed by atoms with Crippen molar-refractivity contribution < 1.29 is 15.0 Å². The first kappa shape index (κ1) is 36.1. The van der Waals surface area contributed by atoms with Crippen LogP contribution in [0.5, 0.6) is 0 Å². The van der Waals surface area contributed by atoms with Gasteiger partial charge in [0, 0.05) is 6.42 Å². The van der Waals surface area contributed by atoms with Gasteiger partial charge in [-0.2, -0.15) is 0 Å². The maximum atomic E-state index is 12.2. The molecule has 0 aromatic rings. The van der Waals surface area contributed by atoms with Crippen molar-refractivity contribution >= 4 is 5.91 Å². The number of carbonyl (C=O) groups is 1. The van der Waals surface area contributed by atoms with E-state index in [0.717, 1.165) is 25.7 Å². The van der Waals surface area contributed by atoms with Gasteiger partial charge in [0.05, 0.1) is 18.8 Å². The Balaban J connectivity index is 3.64. The summed E-state index contributed by atoms with van der Waals surface area (Å²) in [6.07, 6.45) is 34.2. The smallest absolute Gasteiger partial charge is 0.220 e. The molecule has 0 rings (SSSR count). The summed E-state index contributed by atoms with van der Waals surface area (Å²) in [6.45, 7) is 4.28. The van der Waals surface area contributed by atoms with E-state index in [4.69, 9.17) is 0 Å². The summed E-state index contributed by atoms with van der Waals surface area (Å²) >= 11 is 0. The van der Waals surface area contributed by atoms with Gasteiger partial charge in [-0.25, -0.2) is 0 Å². The van der Waals surface area contributed by atoms with Crippen molar-refractivity contribution in [3.8, 4) is 0 Å². The molecule has 0 saturated heterocycles. The highest BCUT2D eigenvalue weighted by molar-refractivity contribution is 5.76. The summed E-state index contributed by atoms with van der Waals surface area (Å²) in [6, 6.07) is -0.613. The van der Waals surface area contributed by atoms with Crippen LogP contribution in [0.4, 0.5) is 0 Å². The van der Waals surface area contributed by atoms with Gasteiger partial charge in [0.1, 0.15) is 0 Å². The van der Waals surface area contributed by atoms with Crippen LogP contribution in [0.25, 0.3) is 0 Å². The molecule has 2 atom stereocenters. The van der Waals surface area contributed by atoms with Crippen LogP contribution in [0.1, 0.15) is 174 Å². The van der Waals surface area contributed by atoms with E-state index in [0.29, 0.717) is 6.42 Å². The second kappa shape index (κ2) is 29.7. The predicted molar refractivity (Wildman–Crippen MR) is 161 cm³/mol. The summed E-state index contributed by atoms with van der Waals surface area (Å²) in [5, 5.41) is 22.8. The van der Waals surface area contributed by atoms with Crippen LogP contribution in [-0.2, 0) is 4.79 Å². The predicted octanol–water partition coefficient (Wildman–Crippen LogP) is 9.17. The Morgan fingerprint density at radius 3 is 1.41 bits per heavy atom. The summed E-state index contributed by atoms with van der Waals surface area (Å²) < 4.78 is 0. The summed E-state index contributed by atoms with van der Waals surface area (Å²) in [5.74, 6) is -0.0655. The molecule has 0 unspecified atom stereocenters. The maximum Gasteiger partial charge on any atom is 0.220 e. The lowest BCUT2D eigenvalue weighted by molar-refractivity contribution is -0.123. The van der Waals surface area contributed by atoms with Crippen molar-refractivity contribution in [3.63, 3.8) is 0 Å². The highest BCUT2D eigenvalue weighted by Gasteiger charge is 2.17. The Bertz CT molecular complexity index is 494. The number of nitrogens with one attached hydrogen (secondary N) is 1. The Labute approximate surface area is 231 Å². The van der Waals surface area contributed by atoms with E-state index in [9.17, 15) is 15.0 Å². The molecule has 0 heterocycles. The standard InChI is InChI=1S/C33H65NO3/c1-3-5-7-9-11-13-15-17-19-21-23-25-27-29-33(37)34-31(30-35)32(36)28-26-24-22-20-18-16-14-12-10-8-6-4-2/h26,28,31-32,35-36H,3-25,27,29-30H2,1-2H3,(H,34,37)/b28-26+/t31-,32+/m0/s1. The topological polar surface area (TPSA) is 69.6 Å². The van der Waals surface area contributed by atoms with Crippen molar-refractivity contribution in [1.29, 1.82) is 0 Å². The molecule has 1 amide bonds.